The van der Waals surface area contributed by atoms with Crippen LogP contribution in [0.1, 0.15) is 24.5 Å². The predicted molar refractivity (Wildman–Crippen MR) is 178 cm³/mol. The van der Waals surface area contributed by atoms with Gasteiger partial charge in [0.05, 0.1) is 15.5 Å². The summed E-state index contributed by atoms with van der Waals surface area (Å²) in [6, 6.07) is 25.3. The van der Waals surface area contributed by atoms with E-state index in [1.165, 1.54) is 53.4 Å². The van der Waals surface area contributed by atoms with Gasteiger partial charge in [-0.05, 0) is 47.9 Å². The van der Waals surface area contributed by atoms with Crippen molar-refractivity contribution in [2.24, 2.45) is 0 Å². The zero-order valence-electron chi connectivity index (χ0n) is 24.9. The average Bonchev–Trinajstić information content (AvgIpc) is 3.05. The maximum atomic E-state index is 14.5. The third-order valence-corrected chi connectivity index (χ3v) is 9.49. The number of halogens is 2. The molecule has 4 rings (SSSR count). The zero-order chi connectivity index (χ0) is 33.3. The molecule has 46 heavy (non-hydrogen) atoms. The molecule has 1 atom stereocenters. The number of nitrogens with one attached hydrogen (secondary N) is 1. The van der Waals surface area contributed by atoms with Gasteiger partial charge in [-0.25, -0.2) is 8.42 Å². The highest BCUT2D eigenvalue weighted by molar-refractivity contribution is 7.92. The lowest BCUT2D eigenvalue weighted by molar-refractivity contribution is -0.384. The van der Waals surface area contributed by atoms with Crippen LogP contribution in [0.2, 0.25) is 10.0 Å². The van der Waals surface area contributed by atoms with Gasteiger partial charge in [-0.1, -0.05) is 90.8 Å². The maximum Gasteiger partial charge on any atom is 0.271 e. The molecule has 4 aromatic rings. The zero-order valence-corrected chi connectivity index (χ0v) is 27.2. The molecular weight excluding hydrogens is 651 g/mol. The molecule has 0 spiro atoms. The van der Waals surface area contributed by atoms with Gasteiger partial charge in [0, 0.05) is 41.7 Å². The summed E-state index contributed by atoms with van der Waals surface area (Å²) in [6.45, 7) is 1.33. The molecule has 1 N–H and O–H groups in total. The van der Waals surface area contributed by atoms with Gasteiger partial charge in [0.2, 0.25) is 11.8 Å². The van der Waals surface area contributed by atoms with E-state index in [4.69, 9.17) is 23.2 Å². The van der Waals surface area contributed by atoms with Crippen molar-refractivity contribution < 1.29 is 22.9 Å². The van der Waals surface area contributed by atoms with E-state index in [1.54, 1.807) is 18.2 Å². The Morgan fingerprint density at radius 2 is 1.59 bits per heavy atom. The Labute approximate surface area is 277 Å². The molecule has 4 aromatic carbocycles. The molecule has 0 heterocycles. The van der Waals surface area contributed by atoms with Gasteiger partial charge < -0.3 is 10.2 Å². The second-order valence-corrected chi connectivity index (χ2v) is 13.1. The Morgan fingerprint density at radius 3 is 2.22 bits per heavy atom. The van der Waals surface area contributed by atoms with Crippen molar-refractivity contribution in [2.45, 2.75) is 37.2 Å². The highest BCUT2D eigenvalue weighted by atomic mass is 35.5. The number of hydrogen-bond acceptors (Lipinski definition) is 6. The normalized spacial score (nSPS) is 11.8. The largest absolute Gasteiger partial charge is 0.354 e. The highest BCUT2D eigenvalue weighted by Crippen LogP contribution is 2.29. The number of anilines is 1. The van der Waals surface area contributed by atoms with Crippen LogP contribution in [0.4, 0.5) is 11.4 Å². The minimum Gasteiger partial charge on any atom is -0.354 e. The second kappa shape index (κ2) is 15.7. The molecule has 0 bridgehead atoms. The van der Waals surface area contributed by atoms with Crippen molar-refractivity contribution in [1.82, 2.24) is 10.2 Å². The van der Waals surface area contributed by atoms with Crippen molar-refractivity contribution in [3.63, 3.8) is 0 Å². The molecule has 0 aliphatic heterocycles. The first kappa shape index (κ1) is 34.4. The number of nitro benzene ring substituents is 1. The van der Waals surface area contributed by atoms with Crippen molar-refractivity contribution >= 4 is 56.4 Å². The summed E-state index contributed by atoms with van der Waals surface area (Å²) < 4.78 is 28.9. The Bertz CT molecular complexity index is 1790. The quantitative estimate of drug-likeness (QED) is 0.123. The lowest BCUT2D eigenvalue weighted by atomic mass is 10.0. The minimum atomic E-state index is -4.41. The first-order valence-corrected chi connectivity index (χ1v) is 16.6. The third-order valence-electron chi connectivity index (χ3n) is 7.11. The number of amides is 2. The van der Waals surface area contributed by atoms with Crippen LogP contribution in [0, 0.1) is 10.1 Å². The number of carbonyl (C=O) groups is 2. The molecule has 0 saturated carbocycles. The molecule has 10 nitrogen and oxygen atoms in total. The predicted octanol–water partition coefficient (Wildman–Crippen LogP) is 6.26. The summed E-state index contributed by atoms with van der Waals surface area (Å²) in [7, 11) is -4.41. The van der Waals surface area contributed by atoms with Gasteiger partial charge in [0.1, 0.15) is 12.6 Å². The fraction of sp³-hybridized carbons (Fsp3) is 0.212. The molecule has 0 aromatic heterocycles. The average molecular weight is 684 g/mol. The van der Waals surface area contributed by atoms with Crippen molar-refractivity contribution in [3.05, 3.63) is 134 Å². The molecule has 0 saturated heterocycles. The molecule has 0 radical (unpaired) electrons. The Hall–Kier alpha value is -4.45. The van der Waals surface area contributed by atoms with Crippen molar-refractivity contribution in [1.29, 1.82) is 0 Å². The van der Waals surface area contributed by atoms with E-state index in [2.05, 4.69) is 5.32 Å². The fourth-order valence-electron chi connectivity index (χ4n) is 4.76. The molecule has 0 unspecified atom stereocenters. The Balaban J connectivity index is 1.84. The van der Waals surface area contributed by atoms with E-state index in [9.17, 15) is 28.1 Å². The van der Waals surface area contributed by atoms with Crippen LogP contribution >= 0.6 is 23.2 Å². The number of benzene rings is 4. The van der Waals surface area contributed by atoms with Gasteiger partial charge in [0.25, 0.3) is 15.7 Å². The fourth-order valence-corrected chi connectivity index (χ4v) is 6.66. The summed E-state index contributed by atoms with van der Waals surface area (Å²) >= 11 is 12.6. The molecule has 2 amide bonds. The van der Waals surface area contributed by atoms with Crippen molar-refractivity contribution in [3.8, 4) is 0 Å². The number of hydrogen-bond donors (Lipinski definition) is 1. The number of carbonyl (C=O) groups excluding carboxylic acids is 2. The number of rotatable bonds is 14. The van der Waals surface area contributed by atoms with E-state index in [1.807, 2.05) is 37.3 Å². The van der Waals surface area contributed by atoms with E-state index in [0.29, 0.717) is 23.6 Å². The van der Waals surface area contributed by atoms with Crippen LogP contribution in [0.25, 0.3) is 0 Å². The summed E-state index contributed by atoms with van der Waals surface area (Å²) in [5.41, 5.74) is 0.801. The van der Waals surface area contributed by atoms with Gasteiger partial charge in [-0.3, -0.25) is 24.0 Å². The molecule has 0 aliphatic carbocycles. The van der Waals surface area contributed by atoms with E-state index in [0.717, 1.165) is 15.9 Å². The minimum absolute atomic E-state index is 0.0917. The number of nitro groups is 1. The first-order valence-electron chi connectivity index (χ1n) is 14.4. The van der Waals surface area contributed by atoms with Crippen molar-refractivity contribution in [2.75, 3.05) is 17.4 Å². The number of sulfonamides is 1. The number of non-ortho nitro benzene ring substituents is 1. The van der Waals surface area contributed by atoms with Gasteiger partial charge in [-0.15, -0.1) is 0 Å². The maximum absolute atomic E-state index is 14.5. The van der Waals surface area contributed by atoms with Gasteiger partial charge >= 0.3 is 0 Å². The lowest BCUT2D eigenvalue weighted by Crippen LogP contribution is -2.53. The Kier molecular flexibility index (Phi) is 11.8. The standard InChI is InChI=1S/C33H32Cl2N4O6S/c1-2-18-36-33(41)31(19-24-10-5-3-6-11-24)37(22-25-16-17-26(34)20-30(25)35)32(40)23-38(27-12-9-13-28(21-27)39(42)43)46(44,45)29-14-7-4-8-15-29/h3-17,20-21,31H,2,18-19,22-23H2,1H3,(H,36,41)/t31-/m1/s1. The van der Waals surface area contributed by atoms with E-state index in [-0.39, 0.29) is 34.3 Å². The van der Waals surface area contributed by atoms with Crippen LogP contribution in [0.3, 0.4) is 0 Å². The summed E-state index contributed by atoms with van der Waals surface area (Å²) in [5.74, 6) is -1.17. The van der Waals surface area contributed by atoms with Crippen LogP contribution in [0.15, 0.2) is 108 Å². The highest BCUT2D eigenvalue weighted by Gasteiger charge is 2.35. The smallest absolute Gasteiger partial charge is 0.271 e. The molecular formula is C33H32Cl2N4O6S. The Morgan fingerprint density at radius 1 is 0.913 bits per heavy atom. The van der Waals surface area contributed by atoms with Crippen LogP contribution in [0.5, 0.6) is 0 Å². The van der Waals surface area contributed by atoms with Gasteiger partial charge in [0.15, 0.2) is 0 Å². The molecule has 0 aliphatic rings. The summed E-state index contributed by atoms with van der Waals surface area (Å²) in [6.07, 6.45) is 0.770. The van der Waals surface area contributed by atoms with E-state index < -0.39 is 39.3 Å². The second-order valence-electron chi connectivity index (χ2n) is 10.4. The molecule has 13 heteroatoms. The lowest BCUT2D eigenvalue weighted by Gasteiger charge is -2.34. The number of nitrogens with zero attached hydrogens (tertiary/aromatic N) is 3. The van der Waals surface area contributed by atoms with Crippen LogP contribution in [-0.2, 0) is 32.6 Å². The summed E-state index contributed by atoms with van der Waals surface area (Å²) in [4.78, 5) is 40.3. The van der Waals surface area contributed by atoms with Crippen LogP contribution in [-0.4, -0.2) is 49.2 Å². The molecule has 240 valence electrons. The molecule has 0 fully saturated rings. The van der Waals surface area contributed by atoms with E-state index >= 15 is 0 Å². The summed E-state index contributed by atoms with van der Waals surface area (Å²) in [5, 5.41) is 15.1. The monoisotopic (exact) mass is 682 g/mol. The van der Waals surface area contributed by atoms with Gasteiger partial charge in [-0.2, -0.15) is 0 Å². The SMILES string of the molecule is CCCNC(=O)[C@@H](Cc1ccccc1)N(Cc1ccc(Cl)cc1Cl)C(=O)CN(c1cccc([N+](=O)[O-])c1)S(=O)(=O)c1ccccc1. The third kappa shape index (κ3) is 8.63. The first-order chi connectivity index (χ1) is 22.0. The van der Waals surface area contributed by atoms with Crippen LogP contribution < -0.4 is 9.62 Å². The topological polar surface area (TPSA) is 130 Å².